The lowest BCUT2D eigenvalue weighted by atomic mass is 10.2. The fourth-order valence-electron chi connectivity index (χ4n) is 2.59. The molecule has 7 nitrogen and oxygen atoms in total. The highest BCUT2D eigenvalue weighted by atomic mass is 32.2. The van der Waals surface area contributed by atoms with Crippen molar-refractivity contribution in [2.45, 2.75) is 16.6 Å². The molecule has 142 valence electrons. The Labute approximate surface area is 172 Å². The van der Waals surface area contributed by atoms with Gasteiger partial charge in [0.2, 0.25) is 11.9 Å². The molecule has 0 saturated carbocycles. The van der Waals surface area contributed by atoms with Crippen LogP contribution in [0.2, 0.25) is 0 Å². The number of benzene rings is 1. The van der Waals surface area contributed by atoms with Gasteiger partial charge in [0, 0.05) is 16.7 Å². The molecular weight excluding hydrogens is 416 g/mol. The van der Waals surface area contributed by atoms with Crippen molar-refractivity contribution < 1.29 is 13.9 Å². The molecule has 4 heterocycles. The highest BCUT2D eigenvalue weighted by Crippen LogP contribution is 2.37. The second kappa shape index (κ2) is 7.82. The molecule has 0 aliphatic carbocycles. The third kappa shape index (κ3) is 3.84. The number of furan rings is 1. The molecule has 0 radical (unpaired) electrons. The zero-order valence-corrected chi connectivity index (χ0v) is 16.9. The number of nitrogens with zero attached hydrogens (tertiary/aromatic N) is 3. The zero-order chi connectivity index (χ0) is 18.8. The summed E-state index contributed by atoms with van der Waals surface area (Å²) < 4.78 is 17.0. The molecule has 0 unspecified atom stereocenters. The average molecular weight is 431 g/mol. The lowest BCUT2D eigenvalue weighted by molar-refractivity contribution is 0.174. The van der Waals surface area contributed by atoms with Gasteiger partial charge in [0.1, 0.15) is 10.8 Å². The van der Waals surface area contributed by atoms with E-state index >= 15 is 0 Å². The van der Waals surface area contributed by atoms with Crippen molar-refractivity contribution in [3.05, 3.63) is 53.4 Å². The minimum absolute atomic E-state index is 0.277. The number of aromatic nitrogens is 3. The smallest absolute Gasteiger partial charge is 0.231 e. The Kier molecular flexibility index (Phi) is 4.90. The number of nitrogens with one attached hydrogen (secondary N) is 1. The van der Waals surface area contributed by atoms with E-state index in [2.05, 4.69) is 20.9 Å². The molecule has 4 aromatic rings. The topological polar surface area (TPSA) is 82.3 Å². The van der Waals surface area contributed by atoms with Crippen LogP contribution < -0.4 is 14.8 Å². The predicted octanol–water partition coefficient (Wildman–Crippen LogP) is 4.89. The second-order valence-corrected chi connectivity index (χ2v) is 8.86. The largest absolute Gasteiger partial charge is 0.467 e. The van der Waals surface area contributed by atoms with E-state index < -0.39 is 0 Å². The first-order valence-corrected chi connectivity index (χ1v) is 11.1. The molecule has 0 amide bonds. The summed E-state index contributed by atoms with van der Waals surface area (Å²) in [6, 6.07) is 9.69. The number of ether oxygens (including phenoxy) is 2. The molecule has 1 aromatic carbocycles. The molecule has 1 N–H and O–H groups in total. The van der Waals surface area contributed by atoms with Gasteiger partial charge in [-0.05, 0) is 30.3 Å². The Morgan fingerprint density at radius 3 is 3.04 bits per heavy atom. The predicted molar refractivity (Wildman–Crippen MR) is 109 cm³/mol. The van der Waals surface area contributed by atoms with Gasteiger partial charge in [-0.3, -0.25) is 0 Å². The monoisotopic (exact) mass is 430 g/mol. The number of thiazole rings is 1. The summed E-state index contributed by atoms with van der Waals surface area (Å²) >= 11 is 4.77. The van der Waals surface area contributed by atoms with Gasteiger partial charge in [0.25, 0.3) is 0 Å². The summed E-state index contributed by atoms with van der Waals surface area (Å²) in [5.41, 5.74) is 2.05. The minimum atomic E-state index is 0.277. The van der Waals surface area contributed by atoms with E-state index in [1.807, 2.05) is 30.3 Å². The Bertz CT molecular complexity index is 1080. The van der Waals surface area contributed by atoms with Crippen molar-refractivity contribution in [1.29, 1.82) is 0 Å². The summed E-state index contributed by atoms with van der Waals surface area (Å²) in [4.78, 5) is 4.73. The van der Waals surface area contributed by atoms with Gasteiger partial charge in [-0.25, -0.2) is 4.98 Å². The molecule has 0 saturated heterocycles. The first-order valence-electron chi connectivity index (χ1n) is 8.40. The van der Waals surface area contributed by atoms with Crippen LogP contribution in [0.15, 0.2) is 50.7 Å². The van der Waals surface area contributed by atoms with Crippen LogP contribution in [0.25, 0.3) is 10.6 Å². The van der Waals surface area contributed by atoms with Crippen molar-refractivity contribution in [3.8, 4) is 22.1 Å². The molecule has 0 spiro atoms. The average Bonchev–Trinajstić information content (AvgIpc) is 3.52. The maximum atomic E-state index is 5.44. The summed E-state index contributed by atoms with van der Waals surface area (Å²) in [5.74, 6) is 3.16. The van der Waals surface area contributed by atoms with Crippen LogP contribution in [-0.4, -0.2) is 22.0 Å². The van der Waals surface area contributed by atoms with Crippen LogP contribution in [0.1, 0.15) is 11.5 Å². The highest BCUT2D eigenvalue weighted by Gasteiger charge is 2.15. The van der Waals surface area contributed by atoms with E-state index in [-0.39, 0.29) is 6.79 Å². The first-order chi connectivity index (χ1) is 13.8. The number of fused-ring (bicyclic) bond motifs is 1. The minimum Gasteiger partial charge on any atom is -0.467 e. The van der Waals surface area contributed by atoms with E-state index in [0.29, 0.717) is 6.54 Å². The number of rotatable bonds is 7. The first kappa shape index (κ1) is 17.5. The van der Waals surface area contributed by atoms with Crippen LogP contribution >= 0.6 is 34.4 Å². The molecule has 5 rings (SSSR count). The SMILES string of the molecule is c1coc(CNc2nnc(SCc3csc(-c4ccc5c(c4)OCO5)n3)s2)c1. The molecule has 1 aliphatic rings. The maximum absolute atomic E-state index is 5.44. The van der Waals surface area contributed by atoms with Gasteiger partial charge in [-0.1, -0.05) is 23.1 Å². The Morgan fingerprint density at radius 2 is 2.11 bits per heavy atom. The fraction of sp³-hybridized carbons (Fsp3) is 0.167. The van der Waals surface area contributed by atoms with Gasteiger partial charge in [0.15, 0.2) is 15.8 Å². The van der Waals surface area contributed by atoms with Crippen molar-refractivity contribution in [2.24, 2.45) is 0 Å². The number of hydrogen-bond acceptors (Lipinski definition) is 10. The van der Waals surface area contributed by atoms with Gasteiger partial charge >= 0.3 is 0 Å². The molecule has 0 fully saturated rings. The summed E-state index contributed by atoms with van der Waals surface area (Å²) in [6.07, 6.45) is 1.66. The third-order valence-corrected chi connectivity index (χ3v) is 6.90. The molecular formula is C18H14N4O3S3. The quantitative estimate of drug-likeness (QED) is 0.415. The fourth-order valence-corrected chi connectivity index (χ4v) is 5.15. The van der Waals surface area contributed by atoms with Gasteiger partial charge in [0.05, 0.1) is 18.5 Å². The molecule has 10 heteroatoms. The lowest BCUT2D eigenvalue weighted by Crippen LogP contribution is -1.96. The van der Waals surface area contributed by atoms with E-state index in [0.717, 1.165) is 48.7 Å². The molecule has 0 bridgehead atoms. The van der Waals surface area contributed by atoms with E-state index in [1.165, 1.54) is 11.3 Å². The van der Waals surface area contributed by atoms with Crippen molar-refractivity contribution >= 4 is 39.6 Å². The summed E-state index contributed by atoms with van der Waals surface area (Å²) in [5, 5.41) is 15.4. The van der Waals surface area contributed by atoms with Crippen molar-refractivity contribution in [3.63, 3.8) is 0 Å². The Hall–Kier alpha value is -2.56. The second-order valence-electron chi connectivity index (χ2n) is 5.81. The molecule has 28 heavy (non-hydrogen) atoms. The van der Waals surface area contributed by atoms with Gasteiger partial charge < -0.3 is 19.2 Å². The van der Waals surface area contributed by atoms with Crippen LogP contribution in [0.4, 0.5) is 5.13 Å². The zero-order valence-electron chi connectivity index (χ0n) is 14.5. The maximum Gasteiger partial charge on any atom is 0.231 e. The normalized spacial score (nSPS) is 12.4. The van der Waals surface area contributed by atoms with E-state index in [4.69, 9.17) is 18.9 Å². The summed E-state index contributed by atoms with van der Waals surface area (Å²) in [7, 11) is 0. The van der Waals surface area contributed by atoms with Crippen LogP contribution in [0, 0.1) is 0 Å². The van der Waals surface area contributed by atoms with Crippen LogP contribution in [0.5, 0.6) is 11.5 Å². The van der Waals surface area contributed by atoms with Crippen molar-refractivity contribution in [2.75, 3.05) is 12.1 Å². The van der Waals surface area contributed by atoms with E-state index in [9.17, 15) is 0 Å². The van der Waals surface area contributed by atoms with Crippen LogP contribution in [0.3, 0.4) is 0 Å². The summed E-state index contributed by atoms with van der Waals surface area (Å²) in [6.45, 7) is 0.871. The van der Waals surface area contributed by atoms with Crippen LogP contribution in [-0.2, 0) is 12.3 Å². The Morgan fingerprint density at radius 1 is 1.14 bits per heavy atom. The number of anilines is 1. The molecule has 0 atom stereocenters. The standard InChI is InChI=1S/C18H14N4O3S3/c1-2-13(23-5-1)7-19-17-21-22-18(28-17)27-9-12-8-26-16(20-12)11-3-4-14-15(6-11)25-10-24-14/h1-6,8H,7,9-10H2,(H,19,21). The molecule has 1 aliphatic heterocycles. The molecule has 3 aromatic heterocycles. The lowest BCUT2D eigenvalue weighted by Gasteiger charge is -1.99. The highest BCUT2D eigenvalue weighted by molar-refractivity contribution is 8.00. The number of thioether (sulfide) groups is 1. The van der Waals surface area contributed by atoms with E-state index in [1.54, 1.807) is 29.4 Å². The third-order valence-electron chi connectivity index (χ3n) is 3.92. The van der Waals surface area contributed by atoms with Crippen molar-refractivity contribution in [1.82, 2.24) is 15.2 Å². The number of hydrogen-bond donors (Lipinski definition) is 1. The van der Waals surface area contributed by atoms with Gasteiger partial charge in [-0.15, -0.1) is 21.5 Å². The Balaban J connectivity index is 1.19. The van der Waals surface area contributed by atoms with Gasteiger partial charge in [-0.2, -0.15) is 0 Å².